The molecule has 1 aromatic rings. The van der Waals surface area contributed by atoms with Gasteiger partial charge in [0.1, 0.15) is 12.4 Å². The third-order valence-corrected chi connectivity index (χ3v) is 1.70. The number of methoxy groups -OCH3 is 1. The first-order valence-corrected chi connectivity index (χ1v) is 3.74. The fourth-order valence-electron chi connectivity index (χ4n) is 1.06. The molecule has 2 N–H and O–H groups in total. The van der Waals surface area contributed by atoms with Crippen LogP contribution in [0.25, 0.3) is 0 Å². The largest absolute Gasteiger partial charge is 0.496 e. The molecule has 0 aliphatic heterocycles. The monoisotopic (exact) mass is 169 g/mol. The van der Waals surface area contributed by atoms with Gasteiger partial charge in [0.25, 0.3) is 0 Å². The molecule has 0 amide bonds. The summed E-state index contributed by atoms with van der Waals surface area (Å²) in [5, 5.41) is 0. The molecular weight excluding hydrogens is 157 g/mol. The van der Waals surface area contributed by atoms with E-state index < -0.39 is 12.7 Å². The zero-order valence-corrected chi connectivity index (χ0v) is 6.96. The van der Waals surface area contributed by atoms with Crippen LogP contribution in [-0.2, 0) is 0 Å². The summed E-state index contributed by atoms with van der Waals surface area (Å²) in [6.45, 7) is -0.569. The Bertz CT molecular complexity index is 252. The molecule has 0 heterocycles. The number of rotatable bonds is 3. The Morgan fingerprint density at radius 3 is 2.75 bits per heavy atom. The minimum absolute atomic E-state index is 0.569. The predicted molar refractivity (Wildman–Crippen MR) is 45.9 cm³/mol. The van der Waals surface area contributed by atoms with Crippen LogP contribution < -0.4 is 10.5 Å². The summed E-state index contributed by atoms with van der Waals surface area (Å²) in [4.78, 5) is 0. The highest BCUT2D eigenvalue weighted by Crippen LogP contribution is 2.22. The number of hydrogen-bond acceptors (Lipinski definition) is 2. The molecule has 0 aliphatic rings. The first-order chi connectivity index (χ1) is 5.79. The smallest absolute Gasteiger partial charge is 0.123 e. The third kappa shape index (κ3) is 1.74. The van der Waals surface area contributed by atoms with Gasteiger partial charge in [-0.1, -0.05) is 18.2 Å². The molecule has 0 saturated carbocycles. The Morgan fingerprint density at radius 2 is 2.17 bits per heavy atom. The molecule has 0 fully saturated rings. The van der Waals surface area contributed by atoms with Crippen molar-refractivity contribution in [2.75, 3.05) is 13.8 Å². The van der Waals surface area contributed by atoms with Crippen molar-refractivity contribution in [1.82, 2.24) is 0 Å². The first-order valence-electron chi connectivity index (χ1n) is 3.74. The molecule has 0 radical (unpaired) electrons. The van der Waals surface area contributed by atoms with Crippen LogP contribution in [0, 0.1) is 0 Å². The van der Waals surface area contributed by atoms with Gasteiger partial charge < -0.3 is 10.5 Å². The molecule has 1 aromatic carbocycles. The summed E-state index contributed by atoms with van der Waals surface area (Å²) in [5.41, 5.74) is 6.23. The normalized spacial score (nSPS) is 12.6. The Labute approximate surface area is 71.1 Å². The van der Waals surface area contributed by atoms with Crippen molar-refractivity contribution in [1.29, 1.82) is 0 Å². The van der Waals surface area contributed by atoms with E-state index in [1.807, 2.05) is 12.1 Å². The van der Waals surface area contributed by atoms with Crippen LogP contribution >= 0.6 is 0 Å². The lowest BCUT2D eigenvalue weighted by Gasteiger charge is -2.11. The van der Waals surface area contributed by atoms with Gasteiger partial charge in [-0.3, -0.25) is 0 Å². The van der Waals surface area contributed by atoms with E-state index in [2.05, 4.69) is 0 Å². The third-order valence-electron chi connectivity index (χ3n) is 1.70. The second-order valence-corrected chi connectivity index (χ2v) is 2.50. The lowest BCUT2D eigenvalue weighted by Crippen LogP contribution is -2.13. The average molecular weight is 169 g/mol. The van der Waals surface area contributed by atoms with Gasteiger partial charge in [-0.25, -0.2) is 4.39 Å². The summed E-state index contributed by atoms with van der Waals surface area (Å²) in [6.07, 6.45) is 0. The molecule has 1 rings (SSSR count). The molecule has 0 spiro atoms. The van der Waals surface area contributed by atoms with Gasteiger partial charge in [0.15, 0.2) is 0 Å². The van der Waals surface area contributed by atoms with Gasteiger partial charge in [0, 0.05) is 5.56 Å². The molecule has 1 atom stereocenters. The maximum atomic E-state index is 12.2. The van der Waals surface area contributed by atoms with Crippen molar-refractivity contribution in [3.63, 3.8) is 0 Å². The summed E-state index contributed by atoms with van der Waals surface area (Å²) >= 11 is 0. The van der Waals surface area contributed by atoms with E-state index in [0.29, 0.717) is 11.3 Å². The van der Waals surface area contributed by atoms with Gasteiger partial charge in [0.2, 0.25) is 0 Å². The van der Waals surface area contributed by atoms with Crippen molar-refractivity contribution >= 4 is 0 Å². The Balaban J connectivity index is 2.96. The number of para-hydroxylation sites is 1. The summed E-state index contributed by atoms with van der Waals surface area (Å²) < 4.78 is 17.2. The SMILES string of the molecule is COc1ccccc1[C@@H](N)CF. The van der Waals surface area contributed by atoms with E-state index >= 15 is 0 Å². The molecule has 0 aromatic heterocycles. The molecule has 3 heteroatoms. The number of halogens is 1. The minimum atomic E-state index is -0.582. The highest BCUT2D eigenvalue weighted by atomic mass is 19.1. The minimum Gasteiger partial charge on any atom is -0.496 e. The molecule has 2 nitrogen and oxygen atoms in total. The van der Waals surface area contributed by atoms with Crippen LogP contribution in [0.5, 0.6) is 5.75 Å². The van der Waals surface area contributed by atoms with E-state index in [-0.39, 0.29) is 0 Å². The molecule has 0 aliphatic carbocycles. The van der Waals surface area contributed by atoms with Crippen LogP contribution in [0.15, 0.2) is 24.3 Å². The van der Waals surface area contributed by atoms with E-state index in [0.717, 1.165) is 0 Å². The fourth-order valence-corrected chi connectivity index (χ4v) is 1.06. The summed E-state index contributed by atoms with van der Waals surface area (Å²) in [7, 11) is 1.55. The number of alkyl halides is 1. The van der Waals surface area contributed by atoms with Gasteiger partial charge in [-0.2, -0.15) is 0 Å². The lowest BCUT2D eigenvalue weighted by molar-refractivity contribution is 0.389. The van der Waals surface area contributed by atoms with Crippen LogP contribution in [0.2, 0.25) is 0 Å². The zero-order chi connectivity index (χ0) is 8.97. The number of benzene rings is 1. The van der Waals surface area contributed by atoms with Crippen LogP contribution in [0.4, 0.5) is 4.39 Å². The zero-order valence-electron chi connectivity index (χ0n) is 6.96. The van der Waals surface area contributed by atoms with E-state index in [9.17, 15) is 4.39 Å². The van der Waals surface area contributed by atoms with Crippen LogP contribution in [0.3, 0.4) is 0 Å². The molecular formula is C9H12FNO. The molecule has 66 valence electrons. The summed E-state index contributed by atoms with van der Waals surface area (Å²) in [5.74, 6) is 0.641. The Morgan fingerprint density at radius 1 is 1.50 bits per heavy atom. The number of nitrogens with two attached hydrogens (primary N) is 1. The van der Waals surface area contributed by atoms with Gasteiger partial charge in [-0.15, -0.1) is 0 Å². The maximum absolute atomic E-state index is 12.2. The highest BCUT2D eigenvalue weighted by molar-refractivity contribution is 5.35. The quantitative estimate of drug-likeness (QED) is 0.746. The highest BCUT2D eigenvalue weighted by Gasteiger charge is 2.09. The second kappa shape index (κ2) is 4.07. The molecule has 0 saturated heterocycles. The number of hydrogen-bond donors (Lipinski definition) is 1. The van der Waals surface area contributed by atoms with Crippen molar-refractivity contribution in [2.24, 2.45) is 5.73 Å². The Kier molecular flexibility index (Phi) is 3.05. The standard InChI is InChI=1S/C9H12FNO/c1-12-9-5-3-2-4-7(9)8(11)6-10/h2-5,8H,6,11H2,1H3/t8-/m0/s1. The average Bonchev–Trinajstić information content (AvgIpc) is 2.16. The maximum Gasteiger partial charge on any atom is 0.123 e. The Hall–Kier alpha value is -1.09. The number of ether oxygens (including phenoxy) is 1. The van der Waals surface area contributed by atoms with Crippen molar-refractivity contribution in [2.45, 2.75) is 6.04 Å². The first kappa shape index (κ1) is 9.00. The lowest BCUT2D eigenvalue weighted by atomic mass is 10.1. The van der Waals surface area contributed by atoms with Crippen molar-refractivity contribution < 1.29 is 9.13 Å². The fraction of sp³-hybridized carbons (Fsp3) is 0.333. The van der Waals surface area contributed by atoms with Gasteiger partial charge in [-0.05, 0) is 6.07 Å². The van der Waals surface area contributed by atoms with Crippen LogP contribution in [-0.4, -0.2) is 13.8 Å². The van der Waals surface area contributed by atoms with Crippen molar-refractivity contribution in [3.8, 4) is 5.75 Å². The molecule has 0 unspecified atom stereocenters. The van der Waals surface area contributed by atoms with Gasteiger partial charge in [0.05, 0.1) is 13.2 Å². The topological polar surface area (TPSA) is 35.2 Å². The van der Waals surface area contributed by atoms with Gasteiger partial charge >= 0.3 is 0 Å². The van der Waals surface area contributed by atoms with E-state index in [1.54, 1.807) is 19.2 Å². The summed E-state index contributed by atoms with van der Waals surface area (Å²) in [6, 6.07) is 6.59. The predicted octanol–water partition coefficient (Wildman–Crippen LogP) is 1.66. The van der Waals surface area contributed by atoms with E-state index in [1.165, 1.54) is 0 Å². The molecule has 0 bridgehead atoms. The van der Waals surface area contributed by atoms with E-state index in [4.69, 9.17) is 10.5 Å². The second-order valence-electron chi connectivity index (χ2n) is 2.50. The molecule has 12 heavy (non-hydrogen) atoms. The van der Waals surface area contributed by atoms with Crippen molar-refractivity contribution in [3.05, 3.63) is 29.8 Å². The van der Waals surface area contributed by atoms with Crippen LogP contribution in [0.1, 0.15) is 11.6 Å².